The first-order valence-electron chi connectivity index (χ1n) is 15.3. The number of hydrogen-bond acceptors (Lipinski definition) is 7. The van der Waals surface area contributed by atoms with Crippen LogP contribution >= 0.6 is 11.6 Å². The predicted molar refractivity (Wildman–Crippen MR) is 180 cm³/mol. The van der Waals surface area contributed by atoms with Crippen LogP contribution in [0.3, 0.4) is 0 Å². The number of piperazine rings is 1. The zero-order valence-corrected chi connectivity index (χ0v) is 27.3. The number of rotatable bonds is 4. The van der Waals surface area contributed by atoms with Gasteiger partial charge >= 0.3 is 5.69 Å². The molecule has 1 atom stereocenters. The van der Waals surface area contributed by atoms with E-state index in [1.807, 2.05) is 39.8 Å². The summed E-state index contributed by atoms with van der Waals surface area (Å²) < 4.78 is 18.9. The molecular weight excluding hydrogens is 623 g/mol. The molecule has 1 N–H and O–H groups in total. The van der Waals surface area contributed by atoms with Gasteiger partial charge in [-0.1, -0.05) is 38.1 Å². The highest BCUT2D eigenvalue weighted by Crippen LogP contribution is 2.50. The molecule has 1 unspecified atom stereocenters. The van der Waals surface area contributed by atoms with Gasteiger partial charge in [0.25, 0.3) is 5.91 Å². The molecule has 7 rings (SSSR count). The van der Waals surface area contributed by atoms with E-state index in [-0.39, 0.29) is 64.5 Å². The van der Waals surface area contributed by atoms with Crippen molar-refractivity contribution in [3.05, 3.63) is 81.4 Å². The van der Waals surface area contributed by atoms with Crippen LogP contribution in [0.2, 0.25) is 5.02 Å². The molecule has 47 heavy (non-hydrogen) atoms. The highest BCUT2D eigenvalue weighted by Gasteiger charge is 2.43. The summed E-state index contributed by atoms with van der Waals surface area (Å²) in [6.07, 6.45) is 4.47. The number of nitrogens with zero attached hydrogens (tertiary/aromatic N) is 7. The molecule has 2 aromatic carbocycles. The fourth-order valence-electron chi connectivity index (χ4n) is 6.98. The molecule has 0 spiro atoms. The van der Waals surface area contributed by atoms with Crippen molar-refractivity contribution in [2.24, 2.45) is 0 Å². The van der Waals surface area contributed by atoms with E-state index in [0.29, 0.717) is 33.4 Å². The van der Waals surface area contributed by atoms with Crippen molar-refractivity contribution in [2.45, 2.75) is 39.7 Å². The maximum absolute atomic E-state index is 17.5. The normalized spacial score (nSPS) is 16.3. The van der Waals surface area contributed by atoms with Crippen LogP contribution in [0.25, 0.3) is 38.6 Å². The highest BCUT2D eigenvalue weighted by atomic mass is 35.5. The number of amides is 2. The third-order valence-corrected chi connectivity index (χ3v) is 9.63. The van der Waals surface area contributed by atoms with Gasteiger partial charge in [0.15, 0.2) is 5.82 Å². The van der Waals surface area contributed by atoms with Crippen molar-refractivity contribution in [1.29, 1.82) is 0 Å². The van der Waals surface area contributed by atoms with Crippen molar-refractivity contribution in [1.82, 2.24) is 29.6 Å². The minimum absolute atomic E-state index is 0.00310. The lowest BCUT2D eigenvalue weighted by molar-refractivity contribution is -0.128. The van der Waals surface area contributed by atoms with Crippen molar-refractivity contribution < 1.29 is 14.0 Å². The van der Waals surface area contributed by atoms with E-state index in [4.69, 9.17) is 11.6 Å². The first kappa shape index (κ1) is 30.5. The standard InChI is InChI=1S/C34H32ClFN8O3/c1-7-22(45)42-12-13-43-21(15-42)33(46)41(6)31-25-30(26(35)24(27(31)36)23-17(4)8-9-20-19(23)14-38-40-20)44(34(47)39-32(25)43)29-18(5)10-11-37-28(29)16(2)3/h7-11,14,16,21H,1,12-13,15H2,2-6H3,(H,38,40). The first-order chi connectivity index (χ1) is 22.5. The number of hydrogen-bond donors (Lipinski definition) is 1. The molecular formula is C34H32ClFN8O3. The van der Waals surface area contributed by atoms with Gasteiger partial charge in [0.05, 0.1) is 51.3 Å². The second-order valence-corrected chi connectivity index (χ2v) is 12.7. The summed E-state index contributed by atoms with van der Waals surface area (Å²) in [6.45, 7) is 11.6. The molecule has 0 bridgehead atoms. The number of nitrogens with one attached hydrogen (secondary N) is 1. The highest BCUT2D eigenvalue weighted by molar-refractivity contribution is 6.40. The number of aromatic amines is 1. The van der Waals surface area contributed by atoms with Gasteiger partial charge in [-0.15, -0.1) is 0 Å². The number of carbonyl (C=O) groups excluding carboxylic acids is 2. The van der Waals surface area contributed by atoms with Crippen LogP contribution in [-0.2, 0) is 9.59 Å². The molecule has 1 fully saturated rings. The number of halogens is 2. The van der Waals surface area contributed by atoms with Crippen LogP contribution in [0, 0.1) is 19.7 Å². The van der Waals surface area contributed by atoms with Crippen LogP contribution in [-0.4, -0.2) is 74.2 Å². The van der Waals surface area contributed by atoms with Gasteiger partial charge in [-0.25, -0.2) is 9.18 Å². The largest absolute Gasteiger partial charge is 0.354 e. The molecule has 0 radical (unpaired) electrons. The van der Waals surface area contributed by atoms with Gasteiger partial charge < -0.3 is 14.7 Å². The molecule has 5 heterocycles. The van der Waals surface area contributed by atoms with Crippen molar-refractivity contribution >= 4 is 56.7 Å². The quantitative estimate of drug-likeness (QED) is 0.270. The number of anilines is 2. The Morgan fingerprint density at radius 3 is 2.62 bits per heavy atom. The Balaban J connectivity index is 1.68. The molecule has 2 aliphatic rings. The third kappa shape index (κ3) is 4.38. The van der Waals surface area contributed by atoms with Crippen LogP contribution in [0.5, 0.6) is 0 Å². The summed E-state index contributed by atoms with van der Waals surface area (Å²) in [5, 5.41) is 7.94. The SMILES string of the molecule is C=CC(=O)N1CCN2c3nc(=O)n(-c4c(C)ccnc4C(C)C)c4c(Cl)c(-c5c(C)ccc6[nH]ncc56)c(F)c(c34)N(C)C(=O)C2C1. The molecule has 3 aromatic heterocycles. The van der Waals surface area contributed by atoms with Crippen LogP contribution in [0.15, 0.2) is 48.0 Å². The van der Waals surface area contributed by atoms with Crippen LogP contribution < -0.4 is 15.5 Å². The van der Waals surface area contributed by atoms with Crippen molar-refractivity contribution in [2.75, 3.05) is 36.5 Å². The zero-order chi connectivity index (χ0) is 33.5. The molecule has 2 aliphatic heterocycles. The molecule has 2 amide bonds. The Morgan fingerprint density at radius 1 is 1.13 bits per heavy atom. The molecule has 13 heteroatoms. The van der Waals surface area contributed by atoms with E-state index in [2.05, 4.69) is 26.7 Å². The van der Waals surface area contributed by atoms with Gasteiger partial charge in [0.2, 0.25) is 5.91 Å². The molecule has 0 saturated carbocycles. The van der Waals surface area contributed by atoms with E-state index in [9.17, 15) is 14.4 Å². The number of benzene rings is 2. The fourth-order valence-corrected chi connectivity index (χ4v) is 7.34. The molecule has 240 valence electrons. The summed E-state index contributed by atoms with van der Waals surface area (Å²) in [4.78, 5) is 55.0. The number of carbonyl (C=O) groups is 2. The van der Waals surface area contributed by atoms with E-state index in [0.717, 1.165) is 5.56 Å². The number of fused-ring (bicyclic) bond motifs is 3. The van der Waals surface area contributed by atoms with Gasteiger partial charge in [0.1, 0.15) is 11.9 Å². The molecule has 0 aliphatic carbocycles. The third-order valence-electron chi connectivity index (χ3n) is 9.27. The maximum Gasteiger partial charge on any atom is 0.354 e. The van der Waals surface area contributed by atoms with Gasteiger partial charge in [-0.3, -0.25) is 24.2 Å². The van der Waals surface area contributed by atoms with E-state index in [1.54, 1.807) is 23.4 Å². The second-order valence-electron chi connectivity index (χ2n) is 12.3. The lowest BCUT2D eigenvalue weighted by Crippen LogP contribution is -2.60. The Labute approximate surface area is 274 Å². The lowest BCUT2D eigenvalue weighted by atomic mass is 9.93. The maximum atomic E-state index is 17.5. The molecule has 1 saturated heterocycles. The summed E-state index contributed by atoms with van der Waals surface area (Å²) in [5.41, 5.74) is 3.24. The second kappa shape index (κ2) is 11.0. The fraction of sp³-hybridized carbons (Fsp3) is 0.294. The van der Waals surface area contributed by atoms with Gasteiger partial charge in [0, 0.05) is 42.8 Å². The van der Waals surface area contributed by atoms with E-state index in [1.165, 1.54) is 27.5 Å². The van der Waals surface area contributed by atoms with E-state index >= 15 is 4.39 Å². The number of likely N-dealkylation sites (N-methyl/N-ethyl adjacent to an activating group) is 1. The monoisotopic (exact) mass is 654 g/mol. The number of aryl methyl sites for hydroxylation is 2. The molecule has 11 nitrogen and oxygen atoms in total. The predicted octanol–water partition coefficient (Wildman–Crippen LogP) is 5.04. The number of pyridine rings is 1. The summed E-state index contributed by atoms with van der Waals surface area (Å²) in [7, 11) is 1.50. The van der Waals surface area contributed by atoms with Crippen LogP contribution in [0.1, 0.15) is 36.6 Å². The minimum Gasteiger partial charge on any atom is -0.340 e. The van der Waals surface area contributed by atoms with E-state index < -0.39 is 23.5 Å². The Hall–Kier alpha value is -5.10. The summed E-state index contributed by atoms with van der Waals surface area (Å²) in [6, 6.07) is 4.53. The lowest BCUT2D eigenvalue weighted by Gasteiger charge is -2.40. The van der Waals surface area contributed by atoms with Crippen molar-refractivity contribution in [3.63, 3.8) is 0 Å². The van der Waals surface area contributed by atoms with Crippen molar-refractivity contribution in [3.8, 4) is 16.8 Å². The Bertz CT molecular complexity index is 2240. The molecule has 5 aromatic rings. The minimum atomic E-state index is -0.942. The number of aromatic nitrogens is 5. The smallest absolute Gasteiger partial charge is 0.340 e. The summed E-state index contributed by atoms with van der Waals surface area (Å²) in [5.74, 6) is -1.50. The van der Waals surface area contributed by atoms with Gasteiger partial charge in [-0.05, 0) is 49.1 Å². The first-order valence-corrected chi connectivity index (χ1v) is 15.7. The van der Waals surface area contributed by atoms with Crippen LogP contribution in [0.4, 0.5) is 15.9 Å². The van der Waals surface area contributed by atoms with Gasteiger partial charge in [-0.2, -0.15) is 10.1 Å². The zero-order valence-electron chi connectivity index (χ0n) is 26.6. The Kier molecular flexibility index (Phi) is 7.16. The average Bonchev–Trinajstić information content (AvgIpc) is 3.51. The average molecular weight is 655 g/mol. The summed E-state index contributed by atoms with van der Waals surface area (Å²) >= 11 is 7.39. The topological polar surface area (TPSA) is 120 Å². The Morgan fingerprint density at radius 2 is 1.89 bits per heavy atom. The number of H-pyrrole nitrogens is 1.